The first kappa shape index (κ1) is 63.1. The van der Waals surface area contributed by atoms with E-state index in [0.29, 0.717) is 50.3 Å². The number of aromatic hydroxyl groups is 2. The topological polar surface area (TPSA) is 154 Å². The highest BCUT2D eigenvalue weighted by molar-refractivity contribution is 7.55. The molecule has 5 rings (SSSR count). The van der Waals surface area contributed by atoms with E-state index in [9.17, 15) is 19.3 Å². The summed E-state index contributed by atoms with van der Waals surface area (Å²) in [5.41, 5.74) is 9.91. The van der Waals surface area contributed by atoms with Gasteiger partial charge >= 0.3 is 15.2 Å². The molecule has 0 heterocycles. The fourth-order valence-electron chi connectivity index (χ4n) is 9.63. The van der Waals surface area contributed by atoms with E-state index in [1.54, 1.807) is 0 Å². The molecule has 0 saturated heterocycles. The number of hydrogen-bond acceptors (Lipinski definition) is 12. The first-order valence-electron chi connectivity index (χ1n) is 27.6. The lowest BCUT2D eigenvalue weighted by Crippen LogP contribution is -2.42. The molecule has 0 saturated carbocycles. The minimum atomic E-state index is -3.54. The summed E-state index contributed by atoms with van der Waals surface area (Å²) in [6.07, 6.45) is 1.40. The molecule has 0 aromatic heterocycles. The van der Waals surface area contributed by atoms with Gasteiger partial charge in [-0.2, -0.15) is 0 Å². The van der Waals surface area contributed by atoms with Gasteiger partial charge in [0.05, 0.1) is 26.4 Å². The summed E-state index contributed by atoms with van der Waals surface area (Å²) < 4.78 is 65.0. The number of ether oxygens (including phenoxy) is 2. The van der Waals surface area contributed by atoms with Crippen LogP contribution in [0.5, 0.6) is 23.0 Å². The fourth-order valence-corrected chi connectivity index (χ4v) is 13.0. The number of benzene rings is 4. The fraction of sp³-hybridized carbons (Fsp3) is 0.613. The highest BCUT2D eigenvalue weighted by Crippen LogP contribution is 2.59. The van der Waals surface area contributed by atoms with Gasteiger partial charge < -0.3 is 37.8 Å². The molecule has 14 heteroatoms. The molecule has 0 aliphatic heterocycles. The summed E-state index contributed by atoms with van der Waals surface area (Å²) in [4.78, 5) is 0. The number of fused-ring (bicyclic) bond motifs is 8. The number of rotatable bonds is 20. The van der Waals surface area contributed by atoms with Crippen molar-refractivity contribution in [2.45, 2.75) is 196 Å². The van der Waals surface area contributed by atoms with Crippen molar-refractivity contribution in [2.24, 2.45) is 0 Å². The van der Waals surface area contributed by atoms with Crippen LogP contribution in [-0.4, -0.2) is 73.5 Å². The molecule has 0 spiro atoms. The van der Waals surface area contributed by atoms with Crippen molar-refractivity contribution in [3.05, 3.63) is 115 Å². The zero-order valence-electron chi connectivity index (χ0n) is 50.2. The Morgan fingerprint density at radius 1 is 0.395 bits per heavy atom. The standard InChI is InChI=1S/C62H96N2O10P2/c1-21-71-75(67,72-22-2)61(17,18)63-25-27-69-55-45-29-41-33-49(57(5,6)7)35-43(53(41)65)31-47-39-52(60(14,15)16)40-48(56(47)70-28-26-64-62(19,20)76(68,73-23-3)74-24-4)32-44-36-50(58(8,9)10)34-42(54(44)66)30-46(55)38-51(37-45)59(11,12)13/h33-40,63-66H,21-32H2,1-20H3. The summed E-state index contributed by atoms with van der Waals surface area (Å²) in [7, 11) is -7.08. The third kappa shape index (κ3) is 14.9. The molecule has 8 bridgehead atoms. The van der Waals surface area contributed by atoms with Gasteiger partial charge in [0.25, 0.3) is 0 Å². The third-order valence-electron chi connectivity index (χ3n) is 14.4. The predicted octanol–water partition coefficient (Wildman–Crippen LogP) is 14.9. The molecule has 0 fully saturated rings. The molecule has 76 heavy (non-hydrogen) atoms. The Labute approximate surface area is 458 Å². The second-order valence-electron chi connectivity index (χ2n) is 25.6. The van der Waals surface area contributed by atoms with E-state index in [4.69, 9.17) is 27.6 Å². The molecule has 0 radical (unpaired) electrons. The number of nitrogens with one attached hydrogen (secondary N) is 2. The van der Waals surface area contributed by atoms with E-state index in [0.717, 1.165) is 66.8 Å². The normalized spacial score (nSPS) is 14.3. The van der Waals surface area contributed by atoms with Gasteiger partial charge in [-0.1, -0.05) is 132 Å². The van der Waals surface area contributed by atoms with Crippen LogP contribution in [0.25, 0.3) is 0 Å². The maximum Gasteiger partial charge on any atom is 0.349 e. The first-order valence-corrected chi connectivity index (χ1v) is 30.7. The average molecular weight is 1090 g/mol. The minimum absolute atomic E-state index is 0.206. The average Bonchev–Trinajstić information content (AvgIpc) is 3.28. The third-order valence-corrected chi connectivity index (χ3v) is 19.8. The summed E-state index contributed by atoms with van der Waals surface area (Å²) in [5, 5.41) is 30.4. The Balaban J connectivity index is 1.80. The molecule has 0 unspecified atom stereocenters. The second-order valence-corrected chi connectivity index (χ2v) is 30.8. The van der Waals surface area contributed by atoms with Crippen LogP contribution in [0, 0.1) is 0 Å². The molecular formula is C62H96N2O10P2. The molecule has 4 aromatic carbocycles. The molecule has 12 nitrogen and oxygen atoms in total. The highest BCUT2D eigenvalue weighted by Gasteiger charge is 2.44. The van der Waals surface area contributed by atoms with Gasteiger partial charge in [-0.3, -0.25) is 19.8 Å². The lowest BCUT2D eigenvalue weighted by Gasteiger charge is -2.33. The summed E-state index contributed by atoms with van der Waals surface area (Å²) >= 11 is 0. The van der Waals surface area contributed by atoms with Crippen LogP contribution in [0.1, 0.15) is 205 Å². The maximum atomic E-state index is 14.0. The Bertz CT molecular complexity index is 2450. The Morgan fingerprint density at radius 2 is 0.605 bits per heavy atom. The summed E-state index contributed by atoms with van der Waals surface area (Å²) in [6.45, 7) is 43.0. The SMILES string of the molecule is CCOP(=O)(OCC)C(C)(C)NCCOc1c2cc(C(C)(C)C)cc1Cc1cc(C(C)(C)C)cc(c1O)Cc1cc(C(C)(C)C)cc(c1OCCNC(C)(C)P(=O)(OCC)OCC)Cc1cc(C(C)(C)C)cc(c1O)C2. The Kier molecular flexibility index (Phi) is 20.2. The molecule has 4 N–H and O–H groups in total. The van der Waals surface area contributed by atoms with Crippen molar-refractivity contribution in [1.82, 2.24) is 10.6 Å². The zero-order chi connectivity index (χ0) is 57.0. The minimum Gasteiger partial charge on any atom is -0.507 e. The van der Waals surface area contributed by atoms with Gasteiger partial charge in [-0.15, -0.1) is 0 Å². The van der Waals surface area contributed by atoms with Crippen LogP contribution >= 0.6 is 15.2 Å². The van der Waals surface area contributed by atoms with Crippen molar-refractivity contribution in [2.75, 3.05) is 52.7 Å². The van der Waals surface area contributed by atoms with Crippen molar-refractivity contribution >= 4 is 15.2 Å². The highest BCUT2D eigenvalue weighted by atomic mass is 31.2. The van der Waals surface area contributed by atoms with E-state index >= 15 is 0 Å². The van der Waals surface area contributed by atoms with Gasteiger partial charge in [-0.25, -0.2) is 0 Å². The van der Waals surface area contributed by atoms with Crippen LogP contribution in [0.15, 0.2) is 48.5 Å². The monoisotopic (exact) mass is 1090 g/mol. The van der Waals surface area contributed by atoms with Crippen molar-refractivity contribution in [3.63, 3.8) is 0 Å². The molecule has 0 amide bonds. The molecule has 1 aliphatic rings. The number of hydrogen-bond donors (Lipinski definition) is 4. The number of phenols is 2. The van der Waals surface area contributed by atoms with E-state index in [2.05, 4.69) is 142 Å². The smallest absolute Gasteiger partial charge is 0.349 e. The summed E-state index contributed by atoms with van der Waals surface area (Å²) in [6, 6.07) is 17.4. The lowest BCUT2D eigenvalue weighted by molar-refractivity contribution is 0.189. The van der Waals surface area contributed by atoms with Gasteiger partial charge in [0.15, 0.2) is 0 Å². The van der Waals surface area contributed by atoms with E-state index in [1.807, 2.05) is 55.4 Å². The largest absolute Gasteiger partial charge is 0.507 e. The van der Waals surface area contributed by atoms with Crippen LogP contribution in [0.3, 0.4) is 0 Å². The van der Waals surface area contributed by atoms with E-state index in [1.165, 1.54) is 0 Å². The second kappa shape index (κ2) is 24.3. The van der Waals surface area contributed by atoms with Crippen LogP contribution < -0.4 is 20.1 Å². The zero-order valence-corrected chi connectivity index (χ0v) is 51.9. The maximum absolute atomic E-state index is 14.0. The number of phenolic OH excluding ortho intramolecular Hbond substituents is 2. The van der Waals surface area contributed by atoms with Gasteiger partial charge in [-0.05, 0) is 144 Å². The quantitative estimate of drug-likeness (QED) is 0.0433. The van der Waals surface area contributed by atoms with Crippen molar-refractivity contribution < 1.29 is 46.9 Å². The molecular weight excluding hydrogens is 995 g/mol. The summed E-state index contributed by atoms with van der Waals surface area (Å²) in [5.74, 6) is 1.76. The van der Waals surface area contributed by atoms with Crippen LogP contribution in [-0.2, 0) is 74.6 Å². The molecule has 0 atom stereocenters. The molecule has 1 aliphatic carbocycles. The van der Waals surface area contributed by atoms with Gasteiger partial charge in [0, 0.05) is 38.8 Å². The molecule has 4 aromatic rings. The predicted molar refractivity (Wildman–Crippen MR) is 312 cm³/mol. The van der Waals surface area contributed by atoms with Gasteiger partial charge in [0.2, 0.25) is 0 Å². The van der Waals surface area contributed by atoms with E-state index in [-0.39, 0.29) is 72.8 Å². The van der Waals surface area contributed by atoms with Crippen molar-refractivity contribution in [3.8, 4) is 23.0 Å². The molecule has 424 valence electrons. The van der Waals surface area contributed by atoms with Crippen molar-refractivity contribution in [1.29, 1.82) is 0 Å². The van der Waals surface area contributed by atoms with E-state index < -0.39 is 25.8 Å². The first-order chi connectivity index (χ1) is 35.0. The van der Waals surface area contributed by atoms with Crippen LogP contribution in [0.4, 0.5) is 0 Å². The Hall–Kier alpha value is -3.70. The Morgan fingerprint density at radius 3 is 0.803 bits per heavy atom. The lowest BCUT2D eigenvalue weighted by atomic mass is 9.79. The van der Waals surface area contributed by atoms with Gasteiger partial charge in [0.1, 0.15) is 46.8 Å². The van der Waals surface area contributed by atoms with Crippen LogP contribution in [0.2, 0.25) is 0 Å².